The van der Waals surface area contributed by atoms with E-state index in [4.69, 9.17) is 14.2 Å². The Bertz CT molecular complexity index is 855. The standard InChI is InChI=1S/C24H26NO3/c1-26-24(27-2)19-28-23-12-10-20(11-13-23)8-9-21-14-16-25(17-15-21)18-22-6-4-3-5-7-22/h3-17,24H,18-19H2,1-2H3/q+1/b9-8+. The molecule has 0 N–H and O–H groups in total. The zero-order valence-electron chi connectivity index (χ0n) is 16.3. The van der Waals surface area contributed by atoms with Gasteiger partial charge < -0.3 is 14.2 Å². The molecule has 3 aromatic rings. The molecule has 1 aromatic heterocycles. The van der Waals surface area contributed by atoms with Crippen molar-refractivity contribution < 1.29 is 18.8 Å². The molecular formula is C24H26NO3+. The van der Waals surface area contributed by atoms with E-state index in [-0.39, 0.29) is 6.29 Å². The summed E-state index contributed by atoms with van der Waals surface area (Å²) >= 11 is 0. The molecule has 0 amide bonds. The lowest BCUT2D eigenvalue weighted by Gasteiger charge is -2.14. The molecule has 28 heavy (non-hydrogen) atoms. The summed E-state index contributed by atoms with van der Waals surface area (Å²) < 4.78 is 18.1. The molecule has 0 unspecified atom stereocenters. The fraction of sp³-hybridized carbons (Fsp3) is 0.208. The first-order valence-electron chi connectivity index (χ1n) is 9.26. The fourth-order valence-corrected chi connectivity index (χ4v) is 2.74. The zero-order valence-corrected chi connectivity index (χ0v) is 16.3. The van der Waals surface area contributed by atoms with E-state index in [1.165, 1.54) is 5.56 Å². The first-order chi connectivity index (χ1) is 13.8. The lowest BCUT2D eigenvalue weighted by molar-refractivity contribution is -0.688. The van der Waals surface area contributed by atoms with Crippen LogP contribution in [0.25, 0.3) is 12.2 Å². The molecule has 144 valence electrons. The largest absolute Gasteiger partial charge is 0.488 e. The van der Waals surface area contributed by atoms with Gasteiger partial charge in [0.1, 0.15) is 12.4 Å². The fourth-order valence-electron chi connectivity index (χ4n) is 2.74. The predicted molar refractivity (Wildman–Crippen MR) is 111 cm³/mol. The van der Waals surface area contributed by atoms with Crippen molar-refractivity contribution in [3.8, 4) is 5.75 Å². The summed E-state index contributed by atoms with van der Waals surface area (Å²) in [7, 11) is 3.19. The van der Waals surface area contributed by atoms with Crippen molar-refractivity contribution in [1.82, 2.24) is 0 Å². The van der Waals surface area contributed by atoms with Gasteiger partial charge in [0.05, 0.1) is 0 Å². The van der Waals surface area contributed by atoms with Gasteiger partial charge in [0.15, 0.2) is 25.2 Å². The Morgan fingerprint density at radius 3 is 2.00 bits per heavy atom. The molecular weight excluding hydrogens is 350 g/mol. The molecule has 1 heterocycles. The monoisotopic (exact) mass is 376 g/mol. The highest BCUT2D eigenvalue weighted by atomic mass is 16.7. The number of benzene rings is 2. The number of hydrogen-bond donors (Lipinski definition) is 0. The second-order valence-electron chi connectivity index (χ2n) is 6.40. The summed E-state index contributed by atoms with van der Waals surface area (Å²) in [4.78, 5) is 0. The Hall–Kier alpha value is -2.95. The van der Waals surface area contributed by atoms with Gasteiger partial charge in [-0.1, -0.05) is 54.6 Å². The minimum atomic E-state index is -0.359. The smallest absolute Gasteiger partial charge is 0.191 e. The molecule has 4 heteroatoms. The molecule has 0 aliphatic heterocycles. The van der Waals surface area contributed by atoms with Gasteiger partial charge in [0.2, 0.25) is 0 Å². The van der Waals surface area contributed by atoms with Crippen LogP contribution in [0.15, 0.2) is 79.1 Å². The van der Waals surface area contributed by atoms with Crippen LogP contribution in [0.5, 0.6) is 5.75 Å². The van der Waals surface area contributed by atoms with Gasteiger partial charge in [0.25, 0.3) is 0 Å². The third-order valence-corrected chi connectivity index (χ3v) is 4.39. The first kappa shape index (κ1) is 19.8. The van der Waals surface area contributed by atoms with Gasteiger partial charge >= 0.3 is 0 Å². The van der Waals surface area contributed by atoms with Gasteiger partial charge in [-0.15, -0.1) is 0 Å². The van der Waals surface area contributed by atoms with E-state index in [0.717, 1.165) is 23.4 Å². The Morgan fingerprint density at radius 2 is 1.39 bits per heavy atom. The Labute approximate surface area is 166 Å². The minimum absolute atomic E-state index is 0.356. The summed E-state index contributed by atoms with van der Waals surface area (Å²) in [5, 5.41) is 0. The molecule has 0 saturated heterocycles. The predicted octanol–water partition coefficient (Wildman–Crippen LogP) is 4.19. The van der Waals surface area contributed by atoms with Crippen LogP contribution < -0.4 is 9.30 Å². The van der Waals surface area contributed by atoms with Crippen molar-refractivity contribution in [3.63, 3.8) is 0 Å². The molecule has 0 bridgehead atoms. The van der Waals surface area contributed by atoms with Gasteiger partial charge in [-0.2, -0.15) is 0 Å². The van der Waals surface area contributed by atoms with E-state index in [9.17, 15) is 0 Å². The summed E-state index contributed by atoms with van der Waals surface area (Å²) in [5.74, 6) is 0.790. The first-order valence-corrected chi connectivity index (χ1v) is 9.26. The highest BCUT2D eigenvalue weighted by Gasteiger charge is 2.05. The van der Waals surface area contributed by atoms with Gasteiger partial charge in [0, 0.05) is 31.9 Å². The van der Waals surface area contributed by atoms with Gasteiger partial charge in [-0.3, -0.25) is 0 Å². The van der Waals surface area contributed by atoms with E-state index in [1.807, 2.05) is 30.3 Å². The molecule has 2 aromatic carbocycles. The number of rotatable bonds is 9. The summed E-state index contributed by atoms with van der Waals surface area (Å²) in [6.07, 6.45) is 8.04. The average Bonchev–Trinajstić information content (AvgIpc) is 2.75. The summed E-state index contributed by atoms with van der Waals surface area (Å²) in [5.41, 5.74) is 3.57. The summed E-state index contributed by atoms with van der Waals surface area (Å²) in [6.45, 7) is 1.23. The Balaban J connectivity index is 1.54. The number of aromatic nitrogens is 1. The summed E-state index contributed by atoms with van der Waals surface area (Å²) in [6, 6.07) is 22.6. The maximum Gasteiger partial charge on any atom is 0.191 e. The van der Waals surface area contributed by atoms with Crippen LogP contribution in [0, 0.1) is 0 Å². The third kappa shape index (κ3) is 6.05. The molecule has 0 radical (unpaired) electrons. The molecule has 0 saturated carbocycles. The van der Waals surface area contributed by atoms with E-state index >= 15 is 0 Å². The van der Waals surface area contributed by atoms with Crippen molar-refractivity contribution in [1.29, 1.82) is 0 Å². The SMILES string of the molecule is COC(COc1ccc(/C=C/c2cc[n+](Cc3ccccc3)cc2)cc1)OC. The second kappa shape index (κ2) is 10.4. The number of methoxy groups -OCH3 is 2. The quantitative estimate of drug-likeness (QED) is 0.415. The number of hydrogen-bond acceptors (Lipinski definition) is 3. The van der Waals surface area contributed by atoms with Crippen LogP contribution in [0.1, 0.15) is 16.7 Å². The van der Waals surface area contributed by atoms with E-state index in [1.54, 1.807) is 14.2 Å². The van der Waals surface area contributed by atoms with Crippen LogP contribution >= 0.6 is 0 Å². The van der Waals surface area contributed by atoms with Crippen LogP contribution in [-0.2, 0) is 16.0 Å². The highest BCUT2D eigenvalue weighted by molar-refractivity contribution is 5.69. The Morgan fingerprint density at radius 1 is 0.786 bits per heavy atom. The number of pyridine rings is 1. The topological polar surface area (TPSA) is 31.6 Å². The van der Waals surface area contributed by atoms with E-state index < -0.39 is 0 Å². The zero-order chi connectivity index (χ0) is 19.6. The van der Waals surface area contributed by atoms with Crippen LogP contribution in [-0.4, -0.2) is 27.1 Å². The highest BCUT2D eigenvalue weighted by Crippen LogP contribution is 2.15. The number of nitrogens with zero attached hydrogens (tertiary/aromatic N) is 1. The Kier molecular flexibility index (Phi) is 7.36. The van der Waals surface area contributed by atoms with Gasteiger partial charge in [-0.05, 0) is 23.3 Å². The van der Waals surface area contributed by atoms with Crippen molar-refractivity contribution in [3.05, 3.63) is 95.8 Å². The molecule has 3 rings (SSSR count). The van der Waals surface area contributed by atoms with Crippen molar-refractivity contribution in [2.24, 2.45) is 0 Å². The normalized spacial score (nSPS) is 11.2. The van der Waals surface area contributed by atoms with Crippen molar-refractivity contribution >= 4 is 12.2 Å². The molecule has 0 atom stereocenters. The van der Waals surface area contributed by atoms with E-state index in [2.05, 4.69) is 65.5 Å². The second-order valence-corrected chi connectivity index (χ2v) is 6.40. The van der Waals surface area contributed by atoms with Crippen LogP contribution in [0.3, 0.4) is 0 Å². The maximum absolute atomic E-state index is 5.65. The van der Waals surface area contributed by atoms with E-state index in [0.29, 0.717) is 6.61 Å². The average molecular weight is 376 g/mol. The van der Waals surface area contributed by atoms with Crippen LogP contribution in [0.4, 0.5) is 0 Å². The lowest BCUT2D eigenvalue weighted by atomic mass is 10.1. The maximum atomic E-state index is 5.65. The van der Waals surface area contributed by atoms with Crippen molar-refractivity contribution in [2.45, 2.75) is 12.8 Å². The number of ether oxygens (including phenoxy) is 3. The van der Waals surface area contributed by atoms with Crippen molar-refractivity contribution in [2.75, 3.05) is 20.8 Å². The third-order valence-electron chi connectivity index (χ3n) is 4.39. The molecule has 4 nitrogen and oxygen atoms in total. The molecule has 0 aliphatic carbocycles. The molecule has 0 aliphatic rings. The van der Waals surface area contributed by atoms with Crippen LogP contribution in [0.2, 0.25) is 0 Å². The minimum Gasteiger partial charge on any atom is -0.488 e. The van der Waals surface area contributed by atoms with Gasteiger partial charge in [-0.25, -0.2) is 4.57 Å². The lowest BCUT2D eigenvalue weighted by Crippen LogP contribution is -2.32. The molecule has 0 spiro atoms. The molecule has 0 fully saturated rings.